The second kappa shape index (κ2) is 8.04. The van der Waals surface area contributed by atoms with Gasteiger partial charge in [0.2, 0.25) is 0 Å². The molecule has 0 bridgehead atoms. The van der Waals surface area contributed by atoms with Crippen LogP contribution in [-0.4, -0.2) is 62.3 Å². The van der Waals surface area contributed by atoms with Crippen molar-refractivity contribution >= 4 is 0 Å². The molecule has 3 nitrogen and oxygen atoms in total. The molecule has 16 heavy (non-hydrogen) atoms. The maximum atomic E-state index is 5.82. The normalized spacial score (nSPS) is 22.9. The van der Waals surface area contributed by atoms with Crippen molar-refractivity contribution in [2.24, 2.45) is 0 Å². The average Bonchev–Trinajstić information content (AvgIpc) is 2.27. The van der Waals surface area contributed by atoms with E-state index in [2.05, 4.69) is 30.7 Å². The lowest BCUT2D eigenvalue weighted by molar-refractivity contribution is -0.0406. The largest absolute Gasteiger partial charge is 0.374 e. The molecule has 1 heterocycles. The SMILES string of the molecule is CCCCN1CCO[C@H](CN(C)CCC)C1. The van der Waals surface area contributed by atoms with Crippen LogP contribution in [0.1, 0.15) is 33.1 Å². The molecule has 0 unspecified atom stereocenters. The molecular formula is C13H28N2O. The summed E-state index contributed by atoms with van der Waals surface area (Å²) in [5, 5.41) is 0. The molecule has 0 aliphatic carbocycles. The van der Waals surface area contributed by atoms with Gasteiger partial charge < -0.3 is 9.64 Å². The minimum absolute atomic E-state index is 0.419. The number of hydrogen-bond donors (Lipinski definition) is 0. The Morgan fingerprint density at radius 2 is 2.12 bits per heavy atom. The molecule has 1 saturated heterocycles. The van der Waals surface area contributed by atoms with Gasteiger partial charge in [0.25, 0.3) is 0 Å². The molecule has 0 aromatic carbocycles. The van der Waals surface area contributed by atoms with Crippen LogP contribution in [0.2, 0.25) is 0 Å². The Labute approximate surface area is 101 Å². The third-order valence-corrected chi connectivity index (χ3v) is 3.17. The summed E-state index contributed by atoms with van der Waals surface area (Å²) in [4.78, 5) is 4.94. The topological polar surface area (TPSA) is 15.7 Å². The van der Waals surface area contributed by atoms with Crippen molar-refractivity contribution in [1.29, 1.82) is 0 Å². The first-order chi connectivity index (χ1) is 7.76. The zero-order chi connectivity index (χ0) is 11.8. The average molecular weight is 228 g/mol. The lowest BCUT2D eigenvalue weighted by atomic mass is 10.2. The zero-order valence-electron chi connectivity index (χ0n) is 11.2. The molecule has 0 spiro atoms. The van der Waals surface area contributed by atoms with E-state index in [9.17, 15) is 0 Å². The van der Waals surface area contributed by atoms with E-state index in [1.165, 1.54) is 32.4 Å². The number of hydrogen-bond acceptors (Lipinski definition) is 3. The molecule has 0 aromatic rings. The number of morpholine rings is 1. The van der Waals surface area contributed by atoms with Crippen LogP contribution in [0.25, 0.3) is 0 Å². The Balaban J connectivity index is 2.21. The Morgan fingerprint density at radius 3 is 2.81 bits per heavy atom. The second-order valence-corrected chi connectivity index (χ2v) is 4.91. The van der Waals surface area contributed by atoms with Crippen LogP contribution in [-0.2, 0) is 4.74 Å². The van der Waals surface area contributed by atoms with E-state index in [1.807, 2.05) is 0 Å². The number of likely N-dealkylation sites (N-methyl/N-ethyl adjacent to an activating group) is 1. The van der Waals surface area contributed by atoms with Gasteiger partial charge in [0.05, 0.1) is 12.7 Å². The predicted molar refractivity (Wildman–Crippen MR) is 68.9 cm³/mol. The van der Waals surface area contributed by atoms with Crippen LogP contribution in [0, 0.1) is 0 Å². The standard InChI is InChI=1S/C13H28N2O/c1-4-6-8-15-9-10-16-13(12-15)11-14(3)7-5-2/h13H,4-12H2,1-3H3/t13-/m1/s1. The van der Waals surface area contributed by atoms with Crippen LogP contribution in [0.4, 0.5) is 0 Å². The van der Waals surface area contributed by atoms with Gasteiger partial charge in [-0.15, -0.1) is 0 Å². The van der Waals surface area contributed by atoms with Gasteiger partial charge in [-0.05, 0) is 33.0 Å². The highest BCUT2D eigenvalue weighted by atomic mass is 16.5. The van der Waals surface area contributed by atoms with Crippen molar-refractivity contribution in [2.45, 2.75) is 39.2 Å². The van der Waals surface area contributed by atoms with Gasteiger partial charge in [-0.1, -0.05) is 20.3 Å². The van der Waals surface area contributed by atoms with Crippen LogP contribution in [0.5, 0.6) is 0 Å². The zero-order valence-corrected chi connectivity index (χ0v) is 11.2. The third-order valence-electron chi connectivity index (χ3n) is 3.17. The van der Waals surface area contributed by atoms with E-state index in [0.29, 0.717) is 6.10 Å². The van der Waals surface area contributed by atoms with E-state index in [4.69, 9.17) is 4.74 Å². The minimum Gasteiger partial charge on any atom is -0.374 e. The first-order valence-corrected chi connectivity index (χ1v) is 6.78. The molecule has 1 rings (SSSR count). The van der Waals surface area contributed by atoms with E-state index in [1.54, 1.807) is 0 Å². The summed E-state index contributed by atoms with van der Waals surface area (Å²) in [6.45, 7) is 11.1. The number of ether oxygens (including phenoxy) is 1. The van der Waals surface area contributed by atoms with E-state index in [0.717, 1.165) is 26.2 Å². The summed E-state index contributed by atoms with van der Waals surface area (Å²) < 4.78 is 5.82. The molecule has 1 atom stereocenters. The first-order valence-electron chi connectivity index (χ1n) is 6.78. The highest BCUT2D eigenvalue weighted by molar-refractivity contribution is 4.73. The second-order valence-electron chi connectivity index (χ2n) is 4.91. The molecule has 96 valence electrons. The van der Waals surface area contributed by atoms with E-state index < -0.39 is 0 Å². The van der Waals surface area contributed by atoms with E-state index >= 15 is 0 Å². The van der Waals surface area contributed by atoms with Crippen LogP contribution < -0.4 is 0 Å². The fourth-order valence-corrected chi connectivity index (χ4v) is 2.30. The number of unbranched alkanes of at least 4 members (excludes halogenated alkanes) is 1. The van der Waals surface area contributed by atoms with Crippen LogP contribution in [0.3, 0.4) is 0 Å². The van der Waals surface area contributed by atoms with Gasteiger partial charge in [0.15, 0.2) is 0 Å². The summed E-state index contributed by atoms with van der Waals surface area (Å²) in [5.41, 5.74) is 0. The lowest BCUT2D eigenvalue weighted by Gasteiger charge is -2.34. The highest BCUT2D eigenvalue weighted by Gasteiger charge is 2.20. The monoisotopic (exact) mass is 228 g/mol. The lowest BCUT2D eigenvalue weighted by Crippen LogP contribution is -2.47. The summed E-state index contributed by atoms with van der Waals surface area (Å²) in [6, 6.07) is 0. The Kier molecular flexibility index (Phi) is 7.01. The van der Waals surface area contributed by atoms with Crippen molar-refractivity contribution < 1.29 is 4.74 Å². The maximum Gasteiger partial charge on any atom is 0.0829 e. The van der Waals surface area contributed by atoms with Gasteiger partial charge in [0.1, 0.15) is 0 Å². The summed E-state index contributed by atoms with van der Waals surface area (Å²) in [7, 11) is 2.19. The van der Waals surface area contributed by atoms with Gasteiger partial charge in [-0.2, -0.15) is 0 Å². The fourth-order valence-electron chi connectivity index (χ4n) is 2.30. The van der Waals surface area contributed by atoms with Gasteiger partial charge in [-0.3, -0.25) is 4.90 Å². The van der Waals surface area contributed by atoms with Crippen molar-refractivity contribution in [3.63, 3.8) is 0 Å². The molecule has 3 heteroatoms. The summed E-state index contributed by atoms with van der Waals surface area (Å²) in [5.74, 6) is 0. The molecule has 0 amide bonds. The van der Waals surface area contributed by atoms with Crippen molar-refractivity contribution in [3.8, 4) is 0 Å². The third kappa shape index (κ3) is 5.28. The van der Waals surface area contributed by atoms with Crippen molar-refractivity contribution in [2.75, 3.05) is 46.4 Å². The predicted octanol–water partition coefficient (Wildman–Crippen LogP) is 1.83. The molecule has 0 radical (unpaired) electrons. The van der Waals surface area contributed by atoms with Gasteiger partial charge in [0, 0.05) is 19.6 Å². The number of rotatable bonds is 7. The highest BCUT2D eigenvalue weighted by Crippen LogP contribution is 2.07. The summed E-state index contributed by atoms with van der Waals surface area (Å²) >= 11 is 0. The van der Waals surface area contributed by atoms with Gasteiger partial charge in [-0.25, -0.2) is 0 Å². The maximum absolute atomic E-state index is 5.82. The van der Waals surface area contributed by atoms with Crippen LogP contribution in [0.15, 0.2) is 0 Å². The molecule has 0 saturated carbocycles. The van der Waals surface area contributed by atoms with Gasteiger partial charge >= 0.3 is 0 Å². The van der Waals surface area contributed by atoms with Crippen molar-refractivity contribution in [3.05, 3.63) is 0 Å². The molecule has 1 fully saturated rings. The molecule has 0 aromatic heterocycles. The molecule has 1 aliphatic rings. The molecular weight excluding hydrogens is 200 g/mol. The Morgan fingerprint density at radius 1 is 1.31 bits per heavy atom. The Hall–Kier alpha value is -0.120. The van der Waals surface area contributed by atoms with Crippen LogP contribution >= 0.6 is 0 Å². The smallest absolute Gasteiger partial charge is 0.0829 e. The Bertz CT molecular complexity index is 175. The van der Waals surface area contributed by atoms with Crippen molar-refractivity contribution in [1.82, 2.24) is 9.80 Å². The molecule has 1 aliphatic heterocycles. The summed E-state index contributed by atoms with van der Waals surface area (Å²) in [6.07, 6.45) is 4.25. The minimum atomic E-state index is 0.419. The number of nitrogens with zero attached hydrogens (tertiary/aromatic N) is 2. The quantitative estimate of drug-likeness (QED) is 0.661. The van der Waals surface area contributed by atoms with E-state index in [-0.39, 0.29) is 0 Å². The first kappa shape index (κ1) is 13.9. The fraction of sp³-hybridized carbons (Fsp3) is 1.00. The molecule has 0 N–H and O–H groups in total.